The fraction of sp³-hybridized carbons (Fsp3) is 0.300. The quantitative estimate of drug-likeness (QED) is 0.845. The molecule has 0 unspecified atom stereocenters. The predicted octanol–water partition coefficient (Wildman–Crippen LogP) is 3.61. The average molecular weight is 355 g/mol. The van der Waals surface area contributed by atoms with E-state index in [9.17, 15) is 4.79 Å². The van der Waals surface area contributed by atoms with Crippen LogP contribution >= 0.6 is 11.6 Å². The van der Waals surface area contributed by atoms with Gasteiger partial charge in [-0.05, 0) is 29.2 Å². The van der Waals surface area contributed by atoms with Gasteiger partial charge < -0.3 is 9.74 Å². The highest BCUT2D eigenvalue weighted by Crippen LogP contribution is 2.24. The molecule has 128 valence electrons. The second-order valence-corrected chi connectivity index (χ2v) is 6.91. The van der Waals surface area contributed by atoms with E-state index in [2.05, 4.69) is 17.3 Å². The first kappa shape index (κ1) is 16.2. The number of fused-ring (bicyclic) bond motifs is 1. The number of carbonyl (C=O) groups excluding carboxylic acids is 1. The lowest BCUT2D eigenvalue weighted by Gasteiger charge is -2.30. The monoisotopic (exact) mass is 354 g/mol. The number of benzene rings is 2. The number of nitrogens with zero attached hydrogens (tertiary/aromatic N) is 2. The van der Waals surface area contributed by atoms with E-state index in [4.69, 9.17) is 16.4 Å². The number of hydrogen-bond acceptors (Lipinski definition) is 3. The summed E-state index contributed by atoms with van der Waals surface area (Å²) in [7, 11) is 0. The van der Waals surface area contributed by atoms with Gasteiger partial charge in [-0.15, -0.1) is 0 Å². The Morgan fingerprint density at radius 3 is 2.76 bits per heavy atom. The Hall–Kier alpha value is -2.33. The van der Waals surface area contributed by atoms with Crippen molar-refractivity contribution >= 4 is 23.2 Å². The average Bonchev–Trinajstić information content (AvgIpc) is 3.11. The summed E-state index contributed by atoms with van der Waals surface area (Å²) in [4.78, 5) is 20.1. The van der Waals surface area contributed by atoms with Gasteiger partial charge in [0.2, 0.25) is 6.10 Å². The first-order valence-electron chi connectivity index (χ1n) is 8.51. The lowest BCUT2D eigenvalue weighted by atomic mass is 9.98. The smallest absolute Gasteiger partial charge is 0.267 e. The number of amides is 1. The van der Waals surface area contributed by atoms with Crippen LogP contribution in [0.5, 0.6) is 0 Å². The minimum Gasteiger partial charge on any atom is -0.382 e. The summed E-state index contributed by atoms with van der Waals surface area (Å²) in [5.41, 5.74) is 4.42. The molecule has 1 atom stereocenters. The second-order valence-electron chi connectivity index (χ2n) is 6.50. The zero-order valence-electron chi connectivity index (χ0n) is 13.8. The third-order valence-corrected chi connectivity index (χ3v) is 5.17. The molecule has 5 heteroatoms. The Morgan fingerprint density at radius 1 is 1.16 bits per heavy atom. The van der Waals surface area contributed by atoms with E-state index >= 15 is 0 Å². The normalized spacial score (nSPS) is 19.2. The van der Waals surface area contributed by atoms with E-state index in [1.54, 1.807) is 0 Å². The van der Waals surface area contributed by atoms with Crippen LogP contribution in [0.1, 0.15) is 23.1 Å². The van der Waals surface area contributed by atoms with Crippen LogP contribution < -0.4 is 0 Å². The molecule has 4 rings (SSSR count). The highest BCUT2D eigenvalue weighted by molar-refractivity contribution is 6.31. The summed E-state index contributed by atoms with van der Waals surface area (Å²) in [6.07, 6.45) is 1.53. The van der Waals surface area contributed by atoms with Crippen molar-refractivity contribution in [3.05, 3.63) is 70.2 Å². The summed E-state index contributed by atoms with van der Waals surface area (Å²) >= 11 is 6.20. The van der Waals surface area contributed by atoms with Gasteiger partial charge >= 0.3 is 0 Å². The first-order chi connectivity index (χ1) is 12.2. The van der Waals surface area contributed by atoms with Gasteiger partial charge in [0, 0.05) is 31.0 Å². The molecular weight excluding hydrogens is 336 g/mol. The van der Waals surface area contributed by atoms with Gasteiger partial charge in [0.25, 0.3) is 5.91 Å². The van der Waals surface area contributed by atoms with E-state index < -0.39 is 6.10 Å². The Morgan fingerprint density at radius 2 is 1.92 bits per heavy atom. The summed E-state index contributed by atoms with van der Waals surface area (Å²) in [6.45, 7) is 1.38. The van der Waals surface area contributed by atoms with E-state index in [1.165, 1.54) is 11.1 Å². The van der Waals surface area contributed by atoms with E-state index in [1.807, 2.05) is 41.3 Å². The maximum Gasteiger partial charge on any atom is 0.267 e. The van der Waals surface area contributed by atoms with Gasteiger partial charge in [-0.1, -0.05) is 59.2 Å². The molecule has 0 spiro atoms. The van der Waals surface area contributed by atoms with Crippen LogP contribution in [0, 0.1) is 0 Å². The molecule has 2 aliphatic heterocycles. The summed E-state index contributed by atoms with van der Waals surface area (Å²) in [5, 5.41) is 4.84. The number of hydrogen-bond donors (Lipinski definition) is 0. The molecule has 1 amide bonds. The molecule has 0 fully saturated rings. The van der Waals surface area contributed by atoms with Crippen LogP contribution in [0.3, 0.4) is 0 Å². The van der Waals surface area contributed by atoms with Crippen LogP contribution in [0.4, 0.5) is 0 Å². The zero-order chi connectivity index (χ0) is 17.2. The molecule has 2 aromatic rings. The van der Waals surface area contributed by atoms with Crippen molar-refractivity contribution in [2.24, 2.45) is 5.16 Å². The minimum atomic E-state index is -0.511. The van der Waals surface area contributed by atoms with Crippen LogP contribution in [-0.4, -0.2) is 29.2 Å². The summed E-state index contributed by atoms with van der Waals surface area (Å²) < 4.78 is 0. The van der Waals surface area contributed by atoms with Crippen LogP contribution in [0.25, 0.3) is 0 Å². The zero-order valence-corrected chi connectivity index (χ0v) is 14.6. The van der Waals surface area contributed by atoms with Gasteiger partial charge in [-0.3, -0.25) is 4.79 Å². The largest absolute Gasteiger partial charge is 0.382 e. The fourth-order valence-corrected chi connectivity index (χ4v) is 3.62. The van der Waals surface area contributed by atoms with Crippen molar-refractivity contribution in [3.8, 4) is 0 Å². The number of halogens is 1. The Labute approximate surface area is 152 Å². The summed E-state index contributed by atoms with van der Waals surface area (Å²) in [5.74, 6) is 0.0208. The lowest BCUT2D eigenvalue weighted by Crippen LogP contribution is -2.42. The lowest BCUT2D eigenvalue weighted by molar-refractivity contribution is -0.143. The van der Waals surface area contributed by atoms with Gasteiger partial charge in [-0.2, -0.15) is 0 Å². The molecule has 25 heavy (non-hydrogen) atoms. The third-order valence-electron chi connectivity index (χ3n) is 4.80. The number of oxime groups is 1. The van der Waals surface area contributed by atoms with E-state index in [0.717, 1.165) is 24.2 Å². The van der Waals surface area contributed by atoms with Crippen molar-refractivity contribution < 1.29 is 9.63 Å². The molecule has 0 bridgehead atoms. The minimum absolute atomic E-state index is 0.0208. The van der Waals surface area contributed by atoms with Crippen molar-refractivity contribution in [1.82, 2.24) is 4.90 Å². The maximum absolute atomic E-state index is 12.8. The molecule has 2 aromatic carbocycles. The molecule has 0 aromatic heterocycles. The Balaban J connectivity index is 1.38. The SMILES string of the molecule is O=C([C@@H]1CC(Cc2ccccc2Cl)=NO1)N1CCc2ccccc2C1. The van der Waals surface area contributed by atoms with Gasteiger partial charge in [0.05, 0.1) is 5.71 Å². The van der Waals surface area contributed by atoms with Gasteiger partial charge in [0.15, 0.2) is 0 Å². The van der Waals surface area contributed by atoms with Gasteiger partial charge in [0.1, 0.15) is 0 Å². The molecular formula is C20H19ClN2O2. The standard InChI is InChI=1S/C20H19ClN2O2/c21-18-8-4-3-6-15(18)11-17-12-19(25-22-17)20(24)23-10-9-14-5-1-2-7-16(14)13-23/h1-8,19H,9-13H2/t19-/m0/s1. The summed E-state index contributed by atoms with van der Waals surface area (Å²) in [6, 6.07) is 16.0. The van der Waals surface area contributed by atoms with Crippen molar-refractivity contribution in [1.29, 1.82) is 0 Å². The molecule has 0 saturated heterocycles. The molecule has 0 N–H and O–H groups in total. The Kier molecular flexibility index (Phi) is 4.45. The Bertz CT molecular complexity index is 834. The van der Waals surface area contributed by atoms with Gasteiger partial charge in [-0.25, -0.2) is 0 Å². The van der Waals surface area contributed by atoms with Crippen molar-refractivity contribution in [2.45, 2.75) is 31.9 Å². The first-order valence-corrected chi connectivity index (χ1v) is 8.89. The van der Waals surface area contributed by atoms with Crippen LogP contribution in [-0.2, 0) is 29.0 Å². The molecule has 4 nitrogen and oxygen atoms in total. The fourth-order valence-electron chi connectivity index (χ4n) is 3.41. The van der Waals surface area contributed by atoms with E-state index in [0.29, 0.717) is 24.4 Å². The molecule has 0 radical (unpaired) electrons. The van der Waals surface area contributed by atoms with Crippen LogP contribution in [0.2, 0.25) is 5.02 Å². The highest BCUT2D eigenvalue weighted by atomic mass is 35.5. The molecule has 0 aliphatic carbocycles. The maximum atomic E-state index is 12.8. The molecule has 2 aliphatic rings. The predicted molar refractivity (Wildman–Crippen MR) is 97.6 cm³/mol. The second kappa shape index (κ2) is 6.89. The van der Waals surface area contributed by atoms with Crippen LogP contribution in [0.15, 0.2) is 53.7 Å². The van der Waals surface area contributed by atoms with E-state index in [-0.39, 0.29) is 5.91 Å². The number of carbonyl (C=O) groups is 1. The number of rotatable bonds is 3. The molecule has 0 saturated carbocycles. The van der Waals surface area contributed by atoms with Crippen molar-refractivity contribution in [3.63, 3.8) is 0 Å². The molecule has 2 heterocycles. The third kappa shape index (κ3) is 3.40. The van der Waals surface area contributed by atoms with Crippen molar-refractivity contribution in [2.75, 3.05) is 6.54 Å². The highest BCUT2D eigenvalue weighted by Gasteiger charge is 2.33. The topological polar surface area (TPSA) is 41.9 Å².